The number of hydrogen-bond donors (Lipinski definition) is 0. The molecule has 3 atom stereocenters. The summed E-state index contributed by atoms with van der Waals surface area (Å²) in [7, 11) is 3.03. The van der Waals surface area contributed by atoms with Crippen molar-refractivity contribution in [3.05, 3.63) is 0 Å². The summed E-state index contributed by atoms with van der Waals surface area (Å²) in [5.41, 5.74) is 0. The molecule has 0 N–H and O–H groups in total. The highest BCUT2D eigenvalue weighted by Gasteiger charge is 2.40. The van der Waals surface area contributed by atoms with Crippen LogP contribution in [0.25, 0.3) is 0 Å². The van der Waals surface area contributed by atoms with Gasteiger partial charge in [-0.15, -0.1) is 0 Å². The Morgan fingerprint density at radius 1 is 1.38 bits per heavy atom. The first-order valence-corrected chi connectivity index (χ1v) is 5.99. The van der Waals surface area contributed by atoms with Crippen molar-refractivity contribution in [3.8, 4) is 0 Å². The second-order valence-electron chi connectivity index (χ2n) is 4.20. The normalized spacial score (nSPS) is 29.3. The Hall–Kier alpha value is -0.610. The molecule has 1 aliphatic heterocycles. The lowest BCUT2D eigenvalue weighted by atomic mass is 9.97. The van der Waals surface area contributed by atoms with Crippen molar-refractivity contribution in [2.45, 2.75) is 51.4 Å². The molecule has 1 unspecified atom stereocenters. The van der Waals surface area contributed by atoms with Gasteiger partial charge in [-0.1, -0.05) is 26.2 Å². The van der Waals surface area contributed by atoms with Gasteiger partial charge in [0, 0.05) is 13.5 Å². The molecule has 0 spiro atoms. The zero-order valence-electron chi connectivity index (χ0n) is 10.4. The molecule has 1 fully saturated rings. The molecule has 4 heteroatoms. The molecule has 0 saturated carbocycles. The van der Waals surface area contributed by atoms with Gasteiger partial charge in [0.05, 0.1) is 19.1 Å². The van der Waals surface area contributed by atoms with Crippen LogP contribution in [0.1, 0.15) is 39.0 Å². The number of hydrogen-bond acceptors (Lipinski definition) is 4. The highest BCUT2D eigenvalue weighted by atomic mass is 16.7. The van der Waals surface area contributed by atoms with E-state index in [0.29, 0.717) is 6.42 Å². The van der Waals surface area contributed by atoms with Gasteiger partial charge in [0.2, 0.25) is 0 Å². The third-order valence-electron chi connectivity index (χ3n) is 3.08. The Balaban J connectivity index is 2.47. The maximum atomic E-state index is 11.6. The predicted molar refractivity (Wildman–Crippen MR) is 59.9 cm³/mol. The number of rotatable bonds is 6. The molecular formula is C12H22O4. The molecule has 4 nitrogen and oxygen atoms in total. The summed E-state index contributed by atoms with van der Waals surface area (Å²) >= 11 is 0. The van der Waals surface area contributed by atoms with Crippen LogP contribution in [0, 0.1) is 5.92 Å². The summed E-state index contributed by atoms with van der Waals surface area (Å²) in [5.74, 6) is -0.340. The van der Waals surface area contributed by atoms with Gasteiger partial charge < -0.3 is 14.2 Å². The molecular weight excluding hydrogens is 208 g/mol. The van der Waals surface area contributed by atoms with Gasteiger partial charge in [-0.3, -0.25) is 4.79 Å². The van der Waals surface area contributed by atoms with Crippen LogP contribution >= 0.6 is 0 Å². The summed E-state index contributed by atoms with van der Waals surface area (Å²) in [5, 5.41) is 0. The maximum Gasteiger partial charge on any atom is 0.311 e. The minimum absolute atomic E-state index is 0.0380. The van der Waals surface area contributed by atoms with Gasteiger partial charge in [-0.2, -0.15) is 0 Å². The van der Waals surface area contributed by atoms with E-state index in [1.807, 2.05) is 0 Å². The van der Waals surface area contributed by atoms with E-state index in [0.717, 1.165) is 12.8 Å². The molecule has 0 aliphatic carbocycles. The average Bonchev–Trinajstić information content (AvgIpc) is 2.72. The Morgan fingerprint density at radius 3 is 2.69 bits per heavy atom. The standard InChI is InChI=1S/C12H22O4/c1-4-5-6-7-10-9(12(13)15-3)8-11(14-2)16-10/h9-11H,4-8H2,1-3H3/t9-,10+,11?/m1/s1. The zero-order valence-corrected chi connectivity index (χ0v) is 10.4. The molecule has 0 aromatic rings. The van der Waals surface area contributed by atoms with E-state index in [9.17, 15) is 4.79 Å². The highest BCUT2D eigenvalue weighted by molar-refractivity contribution is 5.73. The summed E-state index contributed by atoms with van der Waals surface area (Å²) in [6.07, 6.45) is 4.66. The number of esters is 1. The number of methoxy groups -OCH3 is 2. The Morgan fingerprint density at radius 2 is 2.12 bits per heavy atom. The third-order valence-corrected chi connectivity index (χ3v) is 3.08. The van der Waals surface area contributed by atoms with Gasteiger partial charge in [0.25, 0.3) is 0 Å². The van der Waals surface area contributed by atoms with Gasteiger partial charge >= 0.3 is 5.97 Å². The molecule has 1 aliphatic rings. The molecule has 1 heterocycles. The van der Waals surface area contributed by atoms with E-state index in [1.54, 1.807) is 7.11 Å². The first-order valence-electron chi connectivity index (χ1n) is 5.99. The fourth-order valence-electron chi connectivity index (χ4n) is 2.12. The molecule has 0 aromatic heterocycles. The van der Waals surface area contributed by atoms with Crippen LogP contribution in [0.5, 0.6) is 0 Å². The van der Waals surface area contributed by atoms with Crippen LogP contribution < -0.4 is 0 Å². The molecule has 94 valence electrons. The largest absolute Gasteiger partial charge is 0.469 e. The van der Waals surface area contributed by atoms with E-state index >= 15 is 0 Å². The SMILES string of the molecule is CCCCC[C@@H]1OC(OC)C[C@H]1C(=O)OC. The summed E-state index contributed by atoms with van der Waals surface area (Å²) < 4.78 is 15.6. The number of carbonyl (C=O) groups is 1. The molecule has 0 amide bonds. The van der Waals surface area contributed by atoms with Crippen LogP contribution in [-0.2, 0) is 19.0 Å². The second kappa shape index (κ2) is 6.86. The van der Waals surface area contributed by atoms with Crippen LogP contribution in [0.4, 0.5) is 0 Å². The maximum absolute atomic E-state index is 11.6. The topological polar surface area (TPSA) is 44.8 Å². The van der Waals surface area contributed by atoms with Crippen LogP contribution in [-0.4, -0.2) is 32.6 Å². The van der Waals surface area contributed by atoms with Crippen LogP contribution in [0.2, 0.25) is 0 Å². The van der Waals surface area contributed by atoms with Crippen molar-refractivity contribution < 1.29 is 19.0 Å². The molecule has 16 heavy (non-hydrogen) atoms. The predicted octanol–water partition coefficient (Wildman–Crippen LogP) is 2.12. The van der Waals surface area contributed by atoms with Crippen molar-refractivity contribution in [2.75, 3.05) is 14.2 Å². The van der Waals surface area contributed by atoms with Crippen molar-refractivity contribution in [1.29, 1.82) is 0 Å². The number of unbranched alkanes of at least 4 members (excludes halogenated alkanes) is 2. The van der Waals surface area contributed by atoms with Gasteiger partial charge in [0.1, 0.15) is 0 Å². The molecule has 0 bridgehead atoms. The summed E-state index contributed by atoms with van der Waals surface area (Å²) in [4.78, 5) is 11.6. The third kappa shape index (κ3) is 3.46. The van der Waals surface area contributed by atoms with E-state index in [2.05, 4.69) is 6.92 Å². The van der Waals surface area contributed by atoms with Crippen molar-refractivity contribution >= 4 is 5.97 Å². The van der Waals surface area contributed by atoms with E-state index in [-0.39, 0.29) is 24.3 Å². The molecule has 1 rings (SSSR count). The van der Waals surface area contributed by atoms with E-state index in [4.69, 9.17) is 14.2 Å². The second-order valence-corrected chi connectivity index (χ2v) is 4.20. The van der Waals surface area contributed by atoms with E-state index < -0.39 is 0 Å². The Bertz CT molecular complexity index is 217. The van der Waals surface area contributed by atoms with Crippen LogP contribution in [0.15, 0.2) is 0 Å². The van der Waals surface area contributed by atoms with Crippen molar-refractivity contribution in [1.82, 2.24) is 0 Å². The molecule has 0 aromatic carbocycles. The van der Waals surface area contributed by atoms with E-state index in [1.165, 1.54) is 20.0 Å². The summed E-state index contributed by atoms with van der Waals surface area (Å²) in [6.45, 7) is 2.16. The average molecular weight is 230 g/mol. The zero-order chi connectivity index (χ0) is 12.0. The molecule has 1 saturated heterocycles. The minimum Gasteiger partial charge on any atom is -0.469 e. The van der Waals surface area contributed by atoms with Crippen molar-refractivity contribution in [2.24, 2.45) is 5.92 Å². The van der Waals surface area contributed by atoms with Gasteiger partial charge in [-0.25, -0.2) is 0 Å². The van der Waals surface area contributed by atoms with Gasteiger partial charge in [-0.05, 0) is 6.42 Å². The molecule has 0 radical (unpaired) electrons. The smallest absolute Gasteiger partial charge is 0.311 e. The first-order chi connectivity index (χ1) is 7.72. The number of carbonyl (C=O) groups excluding carboxylic acids is 1. The quantitative estimate of drug-likeness (QED) is 0.518. The fourth-order valence-corrected chi connectivity index (χ4v) is 2.12. The minimum atomic E-state index is -0.254. The lowest BCUT2D eigenvalue weighted by Gasteiger charge is -2.15. The van der Waals surface area contributed by atoms with Gasteiger partial charge in [0.15, 0.2) is 6.29 Å². The lowest BCUT2D eigenvalue weighted by molar-refractivity contribution is -0.148. The fraction of sp³-hybridized carbons (Fsp3) is 0.917. The highest BCUT2D eigenvalue weighted by Crippen LogP contribution is 2.31. The van der Waals surface area contributed by atoms with Crippen molar-refractivity contribution in [3.63, 3.8) is 0 Å². The lowest BCUT2D eigenvalue weighted by Crippen LogP contribution is -2.25. The number of ether oxygens (including phenoxy) is 3. The Labute approximate surface area is 97.2 Å². The van der Waals surface area contributed by atoms with Crippen LogP contribution in [0.3, 0.4) is 0 Å². The summed E-state index contributed by atoms with van der Waals surface area (Å²) in [6, 6.07) is 0. The first kappa shape index (κ1) is 13.5. The Kier molecular flexibility index (Phi) is 5.77. The monoisotopic (exact) mass is 230 g/mol.